The molecular formula is C13H19NO3. The quantitative estimate of drug-likeness (QED) is 0.733. The number of carboxylic acid groups (broad SMARTS) is 1. The van der Waals surface area contributed by atoms with Gasteiger partial charge in [-0.05, 0) is 30.5 Å². The molecule has 1 rings (SSSR count). The van der Waals surface area contributed by atoms with E-state index < -0.39 is 5.97 Å². The Morgan fingerprint density at radius 2 is 2.06 bits per heavy atom. The molecule has 0 aliphatic rings. The zero-order chi connectivity index (χ0) is 13.0. The number of hydrogen-bond donors (Lipinski definition) is 3. The summed E-state index contributed by atoms with van der Waals surface area (Å²) < 4.78 is 0. The minimum atomic E-state index is -0.965. The molecule has 0 aliphatic carbocycles. The lowest BCUT2D eigenvalue weighted by atomic mass is 10.0. The molecule has 0 unspecified atom stereocenters. The highest BCUT2D eigenvalue weighted by Gasteiger charge is 2.16. The van der Waals surface area contributed by atoms with Crippen LogP contribution in [0.3, 0.4) is 0 Å². The molecule has 0 aliphatic heterocycles. The second-order valence-corrected chi connectivity index (χ2v) is 4.53. The summed E-state index contributed by atoms with van der Waals surface area (Å²) >= 11 is 0. The summed E-state index contributed by atoms with van der Waals surface area (Å²) in [5.41, 5.74) is 1.78. The van der Waals surface area contributed by atoms with E-state index in [-0.39, 0.29) is 24.1 Å². The predicted molar refractivity (Wildman–Crippen MR) is 67.5 cm³/mol. The van der Waals surface area contributed by atoms with Crippen LogP contribution in [0.4, 0.5) is 5.69 Å². The van der Waals surface area contributed by atoms with Gasteiger partial charge in [-0.25, -0.2) is 4.79 Å². The third-order valence-corrected chi connectivity index (χ3v) is 2.75. The van der Waals surface area contributed by atoms with E-state index in [2.05, 4.69) is 5.32 Å². The summed E-state index contributed by atoms with van der Waals surface area (Å²) in [5, 5.41) is 21.4. The van der Waals surface area contributed by atoms with Gasteiger partial charge in [0, 0.05) is 5.69 Å². The molecule has 17 heavy (non-hydrogen) atoms. The number of aryl methyl sites for hydroxylation is 1. The number of carbonyl (C=O) groups is 1. The minimum Gasteiger partial charge on any atom is -0.478 e. The Bertz CT molecular complexity index is 402. The van der Waals surface area contributed by atoms with Crippen LogP contribution in [0.25, 0.3) is 0 Å². The number of benzene rings is 1. The van der Waals surface area contributed by atoms with Crippen LogP contribution in [0.2, 0.25) is 0 Å². The van der Waals surface area contributed by atoms with Gasteiger partial charge in [0.1, 0.15) is 0 Å². The van der Waals surface area contributed by atoms with Gasteiger partial charge in [0.15, 0.2) is 0 Å². The molecular weight excluding hydrogens is 218 g/mol. The maximum Gasteiger partial charge on any atom is 0.337 e. The number of nitrogens with one attached hydrogen (secondary N) is 1. The molecule has 4 nitrogen and oxygen atoms in total. The molecule has 0 heterocycles. The van der Waals surface area contributed by atoms with Crippen molar-refractivity contribution >= 4 is 11.7 Å². The first-order valence-corrected chi connectivity index (χ1v) is 5.67. The average Bonchev–Trinajstić information content (AvgIpc) is 2.25. The summed E-state index contributed by atoms with van der Waals surface area (Å²) in [5.74, 6) is -0.741. The number of aliphatic hydroxyl groups is 1. The molecule has 1 atom stereocenters. The van der Waals surface area contributed by atoms with Crippen molar-refractivity contribution in [2.45, 2.75) is 26.8 Å². The maximum absolute atomic E-state index is 11.1. The average molecular weight is 237 g/mol. The van der Waals surface area contributed by atoms with Crippen molar-refractivity contribution < 1.29 is 15.0 Å². The van der Waals surface area contributed by atoms with E-state index in [1.807, 2.05) is 20.8 Å². The molecule has 4 heteroatoms. The second kappa shape index (κ2) is 5.68. The fourth-order valence-corrected chi connectivity index (χ4v) is 1.59. The number of hydrogen-bond acceptors (Lipinski definition) is 3. The van der Waals surface area contributed by atoms with Gasteiger partial charge < -0.3 is 15.5 Å². The van der Waals surface area contributed by atoms with Gasteiger partial charge in [-0.3, -0.25) is 0 Å². The highest BCUT2D eigenvalue weighted by Crippen LogP contribution is 2.20. The molecule has 0 bridgehead atoms. The maximum atomic E-state index is 11.1. The Morgan fingerprint density at radius 3 is 2.53 bits per heavy atom. The third-order valence-electron chi connectivity index (χ3n) is 2.75. The summed E-state index contributed by atoms with van der Waals surface area (Å²) in [4.78, 5) is 11.1. The normalized spacial score (nSPS) is 12.5. The van der Waals surface area contributed by atoms with E-state index in [1.54, 1.807) is 18.2 Å². The van der Waals surface area contributed by atoms with Crippen LogP contribution in [0.1, 0.15) is 29.8 Å². The van der Waals surface area contributed by atoms with Crippen molar-refractivity contribution in [1.82, 2.24) is 0 Å². The smallest absolute Gasteiger partial charge is 0.337 e. The van der Waals surface area contributed by atoms with E-state index in [0.717, 1.165) is 5.56 Å². The molecule has 0 fully saturated rings. The Labute approximate surface area is 101 Å². The second-order valence-electron chi connectivity index (χ2n) is 4.53. The molecule has 0 saturated heterocycles. The lowest BCUT2D eigenvalue weighted by Crippen LogP contribution is -2.30. The molecule has 3 N–H and O–H groups in total. The Kier molecular flexibility index (Phi) is 4.52. The highest BCUT2D eigenvalue weighted by molar-refractivity contribution is 5.94. The molecule has 0 radical (unpaired) electrons. The molecule has 0 aromatic heterocycles. The van der Waals surface area contributed by atoms with Crippen LogP contribution in [-0.2, 0) is 0 Å². The first kappa shape index (κ1) is 13.5. The van der Waals surface area contributed by atoms with Gasteiger partial charge in [-0.1, -0.05) is 19.9 Å². The van der Waals surface area contributed by atoms with Crippen LogP contribution < -0.4 is 5.32 Å². The van der Waals surface area contributed by atoms with Crippen LogP contribution in [-0.4, -0.2) is 28.8 Å². The Hall–Kier alpha value is -1.55. The minimum absolute atomic E-state index is 0.0231. The van der Waals surface area contributed by atoms with Gasteiger partial charge in [-0.2, -0.15) is 0 Å². The molecule has 1 aromatic carbocycles. The van der Waals surface area contributed by atoms with E-state index in [4.69, 9.17) is 5.11 Å². The Balaban J connectivity index is 3.03. The number of aromatic carboxylic acids is 1. The van der Waals surface area contributed by atoms with Crippen molar-refractivity contribution in [3.63, 3.8) is 0 Å². The van der Waals surface area contributed by atoms with E-state index in [1.165, 1.54) is 0 Å². The predicted octanol–water partition coefficient (Wildman–Crippen LogP) is 2.12. The van der Waals surface area contributed by atoms with Crippen LogP contribution >= 0.6 is 0 Å². The lowest BCUT2D eigenvalue weighted by molar-refractivity contribution is 0.0697. The molecule has 0 spiro atoms. The topological polar surface area (TPSA) is 69.6 Å². The van der Waals surface area contributed by atoms with Crippen LogP contribution in [0.5, 0.6) is 0 Å². The van der Waals surface area contributed by atoms with Crippen molar-refractivity contribution in [2.75, 3.05) is 11.9 Å². The number of carboxylic acids is 1. The van der Waals surface area contributed by atoms with Gasteiger partial charge in [0.25, 0.3) is 0 Å². The largest absolute Gasteiger partial charge is 0.478 e. The Morgan fingerprint density at radius 1 is 1.41 bits per heavy atom. The number of aliphatic hydroxyl groups excluding tert-OH is 1. The molecule has 1 aromatic rings. The summed E-state index contributed by atoms with van der Waals surface area (Å²) in [6.45, 7) is 5.83. The number of rotatable bonds is 5. The van der Waals surface area contributed by atoms with E-state index in [0.29, 0.717) is 5.69 Å². The van der Waals surface area contributed by atoms with E-state index >= 15 is 0 Å². The summed E-state index contributed by atoms with van der Waals surface area (Å²) in [6, 6.07) is 4.98. The summed E-state index contributed by atoms with van der Waals surface area (Å²) in [7, 11) is 0. The SMILES string of the molecule is Cc1ccc(C(=O)O)c(N[C@H](CO)C(C)C)c1. The standard InChI is InChI=1S/C13H19NO3/c1-8(2)12(7-15)14-11-6-9(3)4-5-10(11)13(16)17/h4-6,8,12,14-15H,7H2,1-3H3,(H,16,17)/t12-/m1/s1. The van der Waals surface area contributed by atoms with Crippen LogP contribution in [0.15, 0.2) is 18.2 Å². The third kappa shape index (κ3) is 3.46. The van der Waals surface area contributed by atoms with Gasteiger partial charge in [-0.15, -0.1) is 0 Å². The van der Waals surface area contributed by atoms with Crippen molar-refractivity contribution in [3.05, 3.63) is 29.3 Å². The van der Waals surface area contributed by atoms with Gasteiger partial charge in [0.2, 0.25) is 0 Å². The van der Waals surface area contributed by atoms with Crippen molar-refractivity contribution in [2.24, 2.45) is 5.92 Å². The first-order valence-electron chi connectivity index (χ1n) is 5.67. The van der Waals surface area contributed by atoms with Crippen molar-refractivity contribution in [3.8, 4) is 0 Å². The molecule has 0 saturated carbocycles. The molecule has 94 valence electrons. The monoisotopic (exact) mass is 237 g/mol. The van der Waals surface area contributed by atoms with E-state index in [9.17, 15) is 9.90 Å². The fraction of sp³-hybridized carbons (Fsp3) is 0.462. The van der Waals surface area contributed by atoms with Crippen molar-refractivity contribution in [1.29, 1.82) is 0 Å². The molecule has 0 amide bonds. The van der Waals surface area contributed by atoms with Gasteiger partial charge in [0.05, 0.1) is 18.2 Å². The zero-order valence-electron chi connectivity index (χ0n) is 10.4. The van der Waals surface area contributed by atoms with Crippen LogP contribution in [0, 0.1) is 12.8 Å². The van der Waals surface area contributed by atoms with Gasteiger partial charge >= 0.3 is 5.97 Å². The number of anilines is 1. The highest BCUT2D eigenvalue weighted by atomic mass is 16.4. The zero-order valence-corrected chi connectivity index (χ0v) is 10.4. The first-order chi connectivity index (χ1) is 7.95. The summed E-state index contributed by atoms with van der Waals surface area (Å²) in [6.07, 6.45) is 0. The lowest BCUT2D eigenvalue weighted by Gasteiger charge is -2.22. The fourth-order valence-electron chi connectivity index (χ4n) is 1.59.